The van der Waals surface area contributed by atoms with Crippen molar-refractivity contribution in [2.45, 2.75) is 33.3 Å². The van der Waals surface area contributed by atoms with Crippen molar-refractivity contribution in [2.75, 3.05) is 24.2 Å². The molecule has 7 heteroatoms. The van der Waals surface area contributed by atoms with Crippen LogP contribution < -0.4 is 10.6 Å². The molecule has 0 bridgehead atoms. The molecule has 1 heterocycles. The van der Waals surface area contributed by atoms with Crippen molar-refractivity contribution in [3.05, 3.63) is 22.2 Å². The number of hydrogen-bond acceptors (Lipinski definition) is 6. The quantitative estimate of drug-likeness (QED) is 0.546. The average Bonchev–Trinajstić information content (AvgIpc) is 2.33. The zero-order valence-electron chi connectivity index (χ0n) is 12.3. The SMILES string of the molecule is CNc1cc([N+](=O)[O-])cc(NCC(O)CC(C)(C)C)n1. The highest BCUT2D eigenvalue weighted by Gasteiger charge is 2.17. The van der Waals surface area contributed by atoms with E-state index < -0.39 is 11.0 Å². The minimum atomic E-state index is -0.533. The van der Waals surface area contributed by atoms with E-state index in [2.05, 4.69) is 15.6 Å². The minimum absolute atomic E-state index is 0.0212. The second kappa shape index (κ2) is 6.51. The average molecular weight is 282 g/mol. The Kier molecular flexibility index (Phi) is 5.26. The maximum absolute atomic E-state index is 10.8. The van der Waals surface area contributed by atoms with Crippen LogP contribution in [0.25, 0.3) is 0 Å². The summed E-state index contributed by atoms with van der Waals surface area (Å²) in [6.45, 7) is 6.43. The molecule has 0 spiro atoms. The van der Waals surface area contributed by atoms with Crippen LogP contribution in [0.5, 0.6) is 0 Å². The van der Waals surface area contributed by atoms with Crippen molar-refractivity contribution < 1.29 is 10.0 Å². The fourth-order valence-corrected chi connectivity index (χ4v) is 1.84. The van der Waals surface area contributed by atoms with Gasteiger partial charge in [0.1, 0.15) is 11.6 Å². The molecule has 0 aliphatic heterocycles. The Labute approximate surface area is 118 Å². The zero-order chi connectivity index (χ0) is 15.3. The number of aliphatic hydroxyl groups is 1. The number of nitro groups is 1. The fourth-order valence-electron chi connectivity index (χ4n) is 1.84. The van der Waals surface area contributed by atoms with Gasteiger partial charge in [-0.15, -0.1) is 0 Å². The van der Waals surface area contributed by atoms with Crippen LogP contribution in [0.15, 0.2) is 12.1 Å². The summed E-state index contributed by atoms with van der Waals surface area (Å²) in [4.78, 5) is 14.5. The normalized spacial score (nSPS) is 12.8. The van der Waals surface area contributed by atoms with Crippen LogP contribution in [-0.4, -0.2) is 34.7 Å². The number of hydrogen-bond donors (Lipinski definition) is 3. The second-order valence-corrected chi connectivity index (χ2v) is 5.90. The Hall–Kier alpha value is -1.89. The lowest BCUT2D eigenvalue weighted by Crippen LogP contribution is -2.25. The van der Waals surface area contributed by atoms with E-state index in [4.69, 9.17) is 0 Å². The minimum Gasteiger partial charge on any atom is -0.391 e. The molecule has 0 saturated heterocycles. The molecule has 112 valence electrons. The lowest BCUT2D eigenvalue weighted by atomic mass is 9.89. The third-order valence-electron chi connectivity index (χ3n) is 2.64. The third kappa shape index (κ3) is 5.40. The molecule has 0 saturated carbocycles. The number of pyridine rings is 1. The fraction of sp³-hybridized carbons (Fsp3) is 0.615. The standard InChI is InChI=1S/C13H22N4O3/c1-13(2,3)7-10(18)8-15-12-6-9(17(19)20)5-11(14-4)16-12/h5-6,10,18H,7-8H2,1-4H3,(H2,14,15,16). The number of aromatic nitrogens is 1. The van der Waals surface area contributed by atoms with Gasteiger partial charge in [-0.1, -0.05) is 20.8 Å². The molecule has 1 aromatic heterocycles. The Balaban J connectivity index is 2.72. The van der Waals surface area contributed by atoms with E-state index in [0.717, 1.165) is 0 Å². The van der Waals surface area contributed by atoms with E-state index >= 15 is 0 Å². The van der Waals surface area contributed by atoms with Crippen LogP contribution in [0.4, 0.5) is 17.3 Å². The van der Waals surface area contributed by atoms with Gasteiger partial charge in [0.05, 0.1) is 23.2 Å². The molecule has 0 amide bonds. The van der Waals surface area contributed by atoms with Gasteiger partial charge in [0.15, 0.2) is 0 Å². The molecule has 0 aliphatic carbocycles. The number of anilines is 2. The van der Waals surface area contributed by atoms with Gasteiger partial charge in [-0.3, -0.25) is 10.1 Å². The molecule has 1 rings (SSSR count). The highest BCUT2D eigenvalue weighted by molar-refractivity contribution is 5.54. The monoisotopic (exact) mass is 282 g/mol. The van der Waals surface area contributed by atoms with Crippen molar-refractivity contribution in [3.63, 3.8) is 0 Å². The molecular formula is C13H22N4O3. The zero-order valence-corrected chi connectivity index (χ0v) is 12.3. The topological polar surface area (TPSA) is 100 Å². The largest absolute Gasteiger partial charge is 0.391 e. The van der Waals surface area contributed by atoms with E-state index in [1.54, 1.807) is 7.05 Å². The molecule has 1 unspecified atom stereocenters. The van der Waals surface area contributed by atoms with Gasteiger partial charge in [-0.2, -0.15) is 0 Å². The van der Waals surface area contributed by atoms with Gasteiger partial charge >= 0.3 is 0 Å². The van der Waals surface area contributed by atoms with Crippen molar-refractivity contribution in [1.29, 1.82) is 0 Å². The summed E-state index contributed by atoms with van der Waals surface area (Å²) < 4.78 is 0. The molecule has 3 N–H and O–H groups in total. The summed E-state index contributed by atoms with van der Waals surface area (Å²) in [6.07, 6.45) is 0.0995. The lowest BCUT2D eigenvalue weighted by Gasteiger charge is -2.22. The summed E-state index contributed by atoms with van der Waals surface area (Å²) in [5.41, 5.74) is -0.0231. The van der Waals surface area contributed by atoms with E-state index in [9.17, 15) is 15.2 Å². The molecule has 0 radical (unpaired) electrons. The summed E-state index contributed by atoms with van der Waals surface area (Å²) in [6, 6.07) is 2.71. The molecule has 0 aliphatic rings. The van der Waals surface area contributed by atoms with E-state index in [1.165, 1.54) is 12.1 Å². The predicted octanol–water partition coefficient (Wildman–Crippen LogP) is 2.24. The van der Waals surface area contributed by atoms with Gasteiger partial charge in [-0.25, -0.2) is 4.98 Å². The molecule has 1 aromatic rings. The lowest BCUT2D eigenvalue weighted by molar-refractivity contribution is -0.384. The Morgan fingerprint density at radius 1 is 1.40 bits per heavy atom. The maximum Gasteiger partial charge on any atom is 0.276 e. The van der Waals surface area contributed by atoms with Crippen molar-refractivity contribution in [1.82, 2.24) is 4.98 Å². The van der Waals surface area contributed by atoms with Crippen molar-refractivity contribution >= 4 is 17.3 Å². The molecule has 0 aromatic carbocycles. The number of nitrogens with one attached hydrogen (secondary N) is 2. The van der Waals surface area contributed by atoms with Crippen LogP contribution in [0, 0.1) is 15.5 Å². The molecular weight excluding hydrogens is 260 g/mol. The smallest absolute Gasteiger partial charge is 0.276 e. The Bertz CT molecular complexity index is 471. The first-order valence-electron chi connectivity index (χ1n) is 6.47. The van der Waals surface area contributed by atoms with Gasteiger partial charge in [-0.05, 0) is 11.8 Å². The van der Waals surface area contributed by atoms with Crippen LogP contribution >= 0.6 is 0 Å². The molecule has 7 nitrogen and oxygen atoms in total. The summed E-state index contributed by atoms with van der Waals surface area (Å²) in [5.74, 6) is 0.781. The Morgan fingerprint density at radius 2 is 2.00 bits per heavy atom. The van der Waals surface area contributed by atoms with Gasteiger partial charge in [0.2, 0.25) is 0 Å². The van der Waals surface area contributed by atoms with Gasteiger partial charge in [0.25, 0.3) is 5.69 Å². The first-order chi connectivity index (χ1) is 9.21. The maximum atomic E-state index is 10.8. The number of aliphatic hydroxyl groups excluding tert-OH is 1. The van der Waals surface area contributed by atoms with Crippen LogP contribution in [0.3, 0.4) is 0 Å². The second-order valence-electron chi connectivity index (χ2n) is 5.90. The third-order valence-corrected chi connectivity index (χ3v) is 2.64. The van der Waals surface area contributed by atoms with Crippen LogP contribution in [0.2, 0.25) is 0 Å². The number of rotatable bonds is 6. The Morgan fingerprint density at radius 3 is 2.50 bits per heavy atom. The van der Waals surface area contributed by atoms with Crippen molar-refractivity contribution in [2.24, 2.45) is 5.41 Å². The summed E-state index contributed by atoms with van der Waals surface area (Å²) >= 11 is 0. The molecule has 0 fully saturated rings. The first-order valence-corrected chi connectivity index (χ1v) is 6.47. The van der Waals surface area contributed by atoms with Gasteiger partial charge < -0.3 is 15.7 Å². The van der Waals surface area contributed by atoms with E-state index in [0.29, 0.717) is 24.6 Å². The number of nitrogens with zero attached hydrogens (tertiary/aromatic N) is 2. The molecule has 1 atom stereocenters. The van der Waals surface area contributed by atoms with Crippen LogP contribution in [-0.2, 0) is 0 Å². The van der Waals surface area contributed by atoms with Crippen LogP contribution in [0.1, 0.15) is 27.2 Å². The molecule has 20 heavy (non-hydrogen) atoms. The predicted molar refractivity (Wildman–Crippen MR) is 79.0 cm³/mol. The highest BCUT2D eigenvalue weighted by atomic mass is 16.6. The highest BCUT2D eigenvalue weighted by Crippen LogP contribution is 2.22. The van der Waals surface area contributed by atoms with Crippen molar-refractivity contribution in [3.8, 4) is 0 Å². The summed E-state index contributed by atoms with van der Waals surface area (Å²) in [5, 5.41) is 26.4. The van der Waals surface area contributed by atoms with Gasteiger partial charge in [0, 0.05) is 13.6 Å². The van der Waals surface area contributed by atoms with E-state index in [1.807, 2.05) is 20.8 Å². The first kappa shape index (κ1) is 16.2. The van der Waals surface area contributed by atoms with E-state index in [-0.39, 0.29) is 11.1 Å². The summed E-state index contributed by atoms with van der Waals surface area (Å²) in [7, 11) is 1.64.